The molecule has 1 aromatic heterocycles. The summed E-state index contributed by atoms with van der Waals surface area (Å²) in [6.45, 7) is 0. The van der Waals surface area contributed by atoms with E-state index < -0.39 is 12.3 Å². The van der Waals surface area contributed by atoms with E-state index in [0.717, 1.165) is 0 Å². The zero-order chi connectivity index (χ0) is 13.1. The van der Waals surface area contributed by atoms with Gasteiger partial charge in [0, 0.05) is 13.2 Å². The lowest BCUT2D eigenvalue weighted by Crippen LogP contribution is -1.83. The minimum absolute atomic E-state index is 0. The number of carboxylic acid groups (broad SMARTS) is 4. The first-order valence-electron chi connectivity index (χ1n) is 3.52. The molecule has 17 heavy (non-hydrogen) atoms. The second kappa shape index (κ2) is 11.3. The predicted octanol–water partition coefficient (Wildman–Crippen LogP) is 0.899. The fraction of sp³-hybridized carbons (Fsp3) is 0.143. The van der Waals surface area contributed by atoms with Gasteiger partial charge in [-0.05, 0) is 0 Å². The third-order valence-electron chi connectivity index (χ3n) is 0.834. The lowest BCUT2D eigenvalue weighted by Gasteiger charge is -1.77. The number of hydrogen-bond acceptors (Lipinski definition) is 5. The van der Waals surface area contributed by atoms with E-state index >= 15 is 0 Å². The molecule has 0 atom stereocenters. The van der Waals surface area contributed by atoms with Crippen LogP contribution in [0.25, 0.3) is 0 Å². The molecule has 0 aliphatic rings. The van der Waals surface area contributed by atoms with E-state index in [9.17, 15) is 0 Å². The summed E-state index contributed by atoms with van der Waals surface area (Å²) in [7, 11) is 1.78. The van der Waals surface area contributed by atoms with E-state index in [1.165, 1.54) is 6.20 Å². The molecule has 0 saturated heterocycles. The van der Waals surface area contributed by atoms with E-state index in [1.807, 2.05) is 6.07 Å². The zero-order valence-electron chi connectivity index (χ0n) is 8.81. The van der Waals surface area contributed by atoms with Crippen molar-refractivity contribution in [3.63, 3.8) is 0 Å². The van der Waals surface area contributed by atoms with Crippen LogP contribution >= 0.6 is 0 Å². The van der Waals surface area contributed by atoms with E-state index in [2.05, 4.69) is 5.10 Å². The molecule has 0 bridgehead atoms. The molecule has 0 saturated carbocycles. The number of carbonyl (C=O) groups is 2. The Kier molecular flexibility index (Phi) is 13.1. The maximum atomic E-state index is 8.56. The van der Waals surface area contributed by atoms with Gasteiger partial charge in [0.25, 0.3) is 0 Å². The molecule has 10 nitrogen and oxygen atoms in total. The number of aryl methyl sites for hydroxylation is 1. The molecule has 1 aromatic rings. The third-order valence-corrected chi connectivity index (χ3v) is 0.834. The van der Waals surface area contributed by atoms with E-state index in [1.54, 1.807) is 17.9 Å². The van der Waals surface area contributed by atoms with Crippen molar-refractivity contribution in [1.29, 1.82) is 5.26 Å². The Bertz CT molecular complexity index is 362. The van der Waals surface area contributed by atoms with Crippen LogP contribution in [0.4, 0.5) is 9.59 Å². The van der Waals surface area contributed by atoms with Gasteiger partial charge in [0.15, 0.2) is 0 Å². The van der Waals surface area contributed by atoms with Gasteiger partial charge in [-0.1, -0.05) is 0 Å². The SMILES string of the molecule is Cn1cc(C#N)cn1.N.O=C(O)O.O=C(O)O. The highest BCUT2D eigenvalue weighted by Gasteiger charge is 1.88. The maximum absolute atomic E-state index is 8.56. The summed E-state index contributed by atoms with van der Waals surface area (Å²) < 4.78 is 1.60. The predicted molar refractivity (Wildman–Crippen MR) is 54.3 cm³/mol. The first-order chi connectivity index (χ1) is 7.29. The average Bonchev–Trinajstić information content (AvgIpc) is 2.49. The molecule has 0 spiro atoms. The zero-order valence-corrected chi connectivity index (χ0v) is 8.81. The molecular weight excluding hydrogens is 236 g/mol. The molecule has 10 heteroatoms. The second-order valence-electron chi connectivity index (χ2n) is 2.08. The Morgan fingerprint density at radius 2 is 1.65 bits per heavy atom. The molecule has 0 aromatic carbocycles. The molecule has 0 fully saturated rings. The van der Waals surface area contributed by atoms with Gasteiger partial charge >= 0.3 is 12.3 Å². The van der Waals surface area contributed by atoms with E-state index in [4.69, 9.17) is 35.3 Å². The van der Waals surface area contributed by atoms with Crippen LogP contribution in [0.5, 0.6) is 0 Å². The van der Waals surface area contributed by atoms with Crippen LogP contribution in [0.1, 0.15) is 5.56 Å². The lowest BCUT2D eigenvalue weighted by atomic mass is 10.4. The van der Waals surface area contributed by atoms with Crippen LogP contribution in [0.15, 0.2) is 12.4 Å². The molecule has 0 amide bonds. The summed E-state index contributed by atoms with van der Waals surface area (Å²) in [6, 6.07) is 1.96. The van der Waals surface area contributed by atoms with E-state index in [0.29, 0.717) is 5.56 Å². The molecule has 0 aliphatic carbocycles. The molecule has 1 rings (SSSR count). The number of hydrogen-bond donors (Lipinski definition) is 5. The van der Waals surface area contributed by atoms with Gasteiger partial charge in [0.1, 0.15) is 6.07 Å². The topological polar surface area (TPSA) is 192 Å². The van der Waals surface area contributed by atoms with Crippen molar-refractivity contribution in [2.45, 2.75) is 0 Å². The molecule has 1 heterocycles. The van der Waals surface area contributed by atoms with Crippen molar-refractivity contribution in [1.82, 2.24) is 15.9 Å². The van der Waals surface area contributed by atoms with Gasteiger partial charge in [0.05, 0.1) is 11.8 Å². The summed E-state index contributed by atoms with van der Waals surface area (Å²) >= 11 is 0. The van der Waals surface area contributed by atoms with Gasteiger partial charge < -0.3 is 26.6 Å². The molecule has 7 N–H and O–H groups in total. The molecule has 96 valence electrons. The standard InChI is InChI=1S/C5H5N3.2CH2O3.H3N/c1-8-4-5(2-6)3-7-8;2*2-1(3)4;/h3-4H,1H3;2*(H2,2,3,4);1H3. The smallest absolute Gasteiger partial charge is 0.450 e. The monoisotopic (exact) mass is 248 g/mol. The van der Waals surface area contributed by atoms with Crippen LogP contribution in [-0.4, -0.2) is 42.5 Å². The van der Waals surface area contributed by atoms with Crippen LogP contribution in [0.2, 0.25) is 0 Å². The third kappa shape index (κ3) is 24.6. The lowest BCUT2D eigenvalue weighted by molar-refractivity contribution is 0.135. The van der Waals surface area contributed by atoms with Crippen molar-refractivity contribution in [3.8, 4) is 6.07 Å². The van der Waals surface area contributed by atoms with Crippen LogP contribution in [0.3, 0.4) is 0 Å². The highest BCUT2D eigenvalue weighted by Crippen LogP contribution is 1.89. The number of aromatic nitrogens is 2. The van der Waals surface area contributed by atoms with Gasteiger partial charge in [0.2, 0.25) is 0 Å². The molecule has 0 radical (unpaired) electrons. The highest BCUT2D eigenvalue weighted by atomic mass is 16.6. The number of nitriles is 1. The van der Waals surface area contributed by atoms with Crippen LogP contribution in [0, 0.1) is 11.3 Å². The van der Waals surface area contributed by atoms with Crippen molar-refractivity contribution in [2.75, 3.05) is 0 Å². The minimum Gasteiger partial charge on any atom is -0.450 e. The average molecular weight is 248 g/mol. The summed E-state index contributed by atoms with van der Waals surface area (Å²) in [5.74, 6) is 0. The van der Waals surface area contributed by atoms with Crippen LogP contribution in [-0.2, 0) is 7.05 Å². The summed E-state index contributed by atoms with van der Waals surface area (Å²) in [4.78, 5) is 17.1. The quantitative estimate of drug-likeness (QED) is 0.443. The van der Waals surface area contributed by atoms with Gasteiger partial charge in [-0.2, -0.15) is 10.4 Å². The second-order valence-corrected chi connectivity index (χ2v) is 2.08. The largest absolute Gasteiger partial charge is 0.503 e. The summed E-state index contributed by atoms with van der Waals surface area (Å²) in [5, 5.41) is 39.9. The van der Waals surface area contributed by atoms with Crippen LogP contribution < -0.4 is 6.15 Å². The normalized spacial score (nSPS) is 6.82. The Morgan fingerprint density at radius 1 is 1.29 bits per heavy atom. The first kappa shape index (κ1) is 19.7. The van der Waals surface area contributed by atoms with Gasteiger partial charge in [-0.15, -0.1) is 0 Å². The fourth-order valence-electron chi connectivity index (χ4n) is 0.479. The van der Waals surface area contributed by atoms with Crippen molar-refractivity contribution in [3.05, 3.63) is 18.0 Å². The number of rotatable bonds is 0. The Balaban J connectivity index is -0.000000189. The summed E-state index contributed by atoms with van der Waals surface area (Å²) in [6.07, 6.45) is -0.472. The Morgan fingerprint density at radius 3 is 1.76 bits per heavy atom. The Hall–Kier alpha value is -2.80. The molecule has 0 aliphatic heterocycles. The van der Waals surface area contributed by atoms with Crippen molar-refractivity contribution in [2.24, 2.45) is 7.05 Å². The Labute approximate surface area is 95.5 Å². The van der Waals surface area contributed by atoms with Crippen molar-refractivity contribution < 1.29 is 30.0 Å². The highest BCUT2D eigenvalue weighted by molar-refractivity contribution is 5.53. The molecular formula is C7H12N4O6. The first-order valence-corrected chi connectivity index (χ1v) is 3.52. The summed E-state index contributed by atoms with van der Waals surface area (Å²) in [5.41, 5.74) is 0.604. The van der Waals surface area contributed by atoms with Gasteiger partial charge in [-0.25, -0.2) is 9.59 Å². The maximum Gasteiger partial charge on any atom is 0.503 e. The fourth-order valence-corrected chi connectivity index (χ4v) is 0.479. The number of nitrogens with zero attached hydrogens (tertiary/aromatic N) is 3. The minimum atomic E-state index is -1.83. The molecule has 0 unspecified atom stereocenters. The van der Waals surface area contributed by atoms with Gasteiger partial charge in [-0.3, -0.25) is 4.68 Å². The van der Waals surface area contributed by atoms with E-state index in [-0.39, 0.29) is 6.15 Å². The van der Waals surface area contributed by atoms with Crippen molar-refractivity contribution >= 4 is 12.3 Å².